The minimum Gasteiger partial charge on any atom is -0.481 e. The van der Waals surface area contributed by atoms with Crippen LogP contribution in [0.25, 0.3) is 0 Å². The van der Waals surface area contributed by atoms with Gasteiger partial charge in [-0.15, -0.1) is 0 Å². The van der Waals surface area contributed by atoms with Gasteiger partial charge >= 0.3 is 0 Å². The lowest BCUT2D eigenvalue weighted by atomic mass is 10.1. The summed E-state index contributed by atoms with van der Waals surface area (Å²) < 4.78 is 5.08. The number of anilines is 1. The fourth-order valence-corrected chi connectivity index (χ4v) is 1.24. The number of methoxy groups -OCH3 is 1. The van der Waals surface area contributed by atoms with Crippen LogP contribution in [0.3, 0.4) is 0 Å². The minimum atomic E-state index is 0.283. The average molecular weight is 181 g/mol. The maximum absolute atomic E-state index is 5.53. The Kier molecular flexibility index (Phi) is 3.06. The third-order valence-corrected chi connectivity index (χ3v) is 1.90. The zero-order valence-electron chi connectivity index (χ0n) is 8.29. The van der Waals surface area contributed by atoms with E-state index in [2.05, 4.69) is 16.9 Å². The maximum Gasteiger partial charge on any atom is 0.223 e. The Morgan fingerprint density at radius 2 is 2.08 bits per heavy atom. The lowest BCUT2D eigenvalue weighted by Crippen LogP contribution is -2.04. The standard InChI is InChI=1S/C9H15N3O/c1-4-5-7-6(2)8(13-3)12-9(10)11-7/h4-5H2,1-3H3,(H2,10,11,12). The summed E-state index contributed by atoms with van der Waals surface area (Å²) in [5, 5.41) is 0. The molecule has 1 aromatic rings. The first kappa shape index (κ1) is 9.77. The van der Waals surface area contributed by atoms with Crippen molar-refractivity contribution < 1.29 is 4.74 Å². The van der Waals surface area contributed by atoms with Gasteiger partial charge in [0, 0.05) is 5.56 Å². The monoisotopic (exact) mass is 181 g/mol. The van der Waals surface area contributed by atoms with Crippen LogP contribution in [0.1, 0.15) is 24.6 Å². The van der Waals surface area contributed by atoms with Gasteiger partial charge in [0.2, 0.25) is 11.8 Å². The van der Waals surface area contributed by atoms with E-state index >= 15 is 0 Å². The molecule has 0 radical (unpaired) electrons. The maximum atomic E-state index is 5.53. The normalized spacial score (nSPS) is 10.1. The highest BCUT2D eigenvalue weighted by Gasteiger charge is 2.08. The van der Waals surface area contributed by atoms with Gasteiger partial charge in [0.15, 0.2) is 0 Å². The van der Waals surface area contributed by atoms with Crippen LogP contribution in [0.15, 0.2) is 0 Å². The number of nitrogens with two attached hydrogens (primary N) is 1. The molecule has 0 aliphatic carbocycles. The van der Waals surface area contributed by atoms with Crippen molar-refractivity contribution in [3.63, 3.8) is 0 Å². The number of aryl methyl sites for hydroxylation is 1. The van der Waals surface area contributed by atoms with Gasteiger partial charge in [-0.2, -0.15) is 4.98 Å². The van der Waals surface area contributed by atoms with E-state index in [1.807, 2.05) is 6.92 Å². The molecule has 0 bridgehead atoms. The van der Waals surface area contributed by atoms with Crippen molar-refractivity contribution in [2.45, 2.75) is 26.7 Å². The molecule has 0 spiro atoms. The van der Waals surface area contributed by atoms with E-state index in [4.69, 9.17) is 10.5 Å². The van der Waals surface area contributed by atoms with Gasteiger partial charge in [0.25, 0.3) is 0 Å². The number of rotatable bonds is 3. The molecule has 0 aliphatic heterocycles. The molecule has 13 heavy (non-hydrogen) atoms. The molecule has 0 fully saturated rings. The van der Waals surface area contributed by atoms with Crippen LogP contribution in [-0.2, 0) is 6.42 Å². The van der Waals surface area contributed by atoms with Crippen LogP contribution in [0.5, 0.6) is 5.88 Å². The molecule has 1 aromatic heterocycles. The van der Waals surface area contributed by atoms with Crippen LogP contribution in [0, 0.1) is 6.92 Å². The summed E-state index contributed by atoms with van der Waals surface area (Å²) in [6.45, 7) is 4.05. The molecule has 0 unspecified atom stereocenters. The molecule has 0 aliphatic rings. The van der Waals surface area contributed by atoms with E-state index in [9.17, 15) is 0 Å². The van der Waals surface area contributed by atoms with Crippen LogP contribution in [0.2, 0.25) is 0 Å². The second-order valence-electron chi connectivity index (χ2n) is 2.91. The van der Waals surface area contributed by atoms with Gasteiger partial charge in [-0.1, -0.05) is 13.3 Å². The molecular weight excluding hydrogens is 166 g/mol. The molecule has 4 nitrogen and oxygen atoms in total. The van der Waals surface area contributed by atoms with Crippen LogP contribution in [-0.4, -0.2) is 17.1 Å². The van der Waals surface area contributed by atoms with E-state index in [0.717, 1.165) is 24.1 Å². The van der Waals surface area contributed by atoms with E-state index in [-0.39, 0.29) is 5.95 Å². The third-order valence-electron chi connectivity index (χ3n) is 1.90. The molecule has 0 aromatic carbocycles. The lowest BCUT2D eigenvalue weighted by Gasteiger charge is -2.08. The second kappa shape index (κ2) is 4.07. The number of ether oxygens (including phenoxy) is 1. The predicted molar refractivity (Wildman–Crippen MR) is 51.7 cm³/mol. The van der Waals surface area contributed by atoms with Crippen molar-refractivity contribution in [2.24, 2.45) is 0 Å². The Labute approximate surface area is 78.1 Å². The first-order valence-corrected chi connectivity index (χ1v) is 4.36. The Morgan fingerprint density at radius 3 is 2.62 bits per heavy atom. The van der Waals surface area contributed by atoms with Crippen molar-refractivity contribution in [1.29, 1.82) is 0 Å². The van der Waals surface area contributed by atoms with E-state index in [0.29, 0.717) is 5.88 Å². The van der Waals surface area contributed by atoms with Crippen LogP contribution >= 0.6 is 0 Å². The Hall–Kier alpha value is -1.32. The fraction of sp³-hybridized carbons (Fsp3) is 0.556. The summed E-state index contributed by atoms with van der Waals surface area (Å²) in [4.78, 5) is 8.14. The minimum absolute atomic E-state index is 0.283. The highest BCUT2D eigenvalue weighted by Crippen LogP contribution is 2.19. The highest BCUT2D eigenvalue weighted by molar-refractivity contribution is 5.35. The number of hydrogen-bond acceptors (Lipinski definition) is 4. The van der Waals surface area contributed by atoms with Gasteiger partial charge in [-0.05, 0) is 13.3 Å². The molecule has 0 amide bonds. The van der Waals surface area contributed by atoms with Crippen molar-refractivity contribution >= 4 is 5.95 Å². The molecule has 0 atom stereocenters. The largest absolute Gasteiger partial charge is 0.481 e. The lowest BCUT2D eigenvalue weighted by molar-refractivity contribution is 0.393. The molecule has 2 N–H and O–H groups in total. The average Bonchev–Trinajstić information content (AvgIpc) is 2.11. The van der Waals surface area contributed by atoms with Gasteiger partial charge < -0.3 is 10.5 Å². The number of hydrogen-bond donors (Lipinski definition) is 1. The Balaban J connectivity index is 3.11. The van der Waals surface area contributed by atoms with Crippen molar-refractivity contribution in [2.75, 3.05) is 12.8 Å². The van der Waals surface area contributed by atoms with Gasteiger partial charge in [0.1, 0.15) is 0 Å². The van der Waals surface area contributed by atoms with E-state index < -0.39 is 0 Å². The van der Waals surface area contributed by atoms with Crippen LogP contribution in [0.4, 0.5) is 5.95 Å². The molecule has 0 saturated carbocycles. The van der Waals surface area contributed by atoms with Crippen molar-refractivity contribution in [1.82, 2.24) is 9.97 Å². The molecule has 4 heteroatoms. The SMILES string of the molecule is CCCc1nc(N)nc(OC)c1C. The molecule has 0 saturated heterocycles. The van der Waals surface area contributed by atoms with E-state index in [1.165, 1.54) is 0 Å². The summed E-state index contributed by atoms with van der Waals surface area (Å²) >= 11 is 0. The summed E-state index contributed by atoms with van der Waals surface area (Å²) in [6, 6.07) is 0. The quantitative estimate of drug-likeness (QED) is 0.764. The zero-order chi connectivity index (χ0) is 9.84. The second-order valence-corrected chi connectivity index (χ2v) is 2.91. The fourth-order valence-electron chi connectivity index (χ4n) is 1.24. The zero-order valence-corrected chi connectivity index (χ0v) is 8.29. The van der Waals surface area contributed by atoms with Gasteiger partial charge in [-0.3, -0.25) is 0 Å². The number of nitrogens with zero attached hydrogens (tertiary/aromatic N) is 2. The highest BCUT2D eigenvalue weighted by atomic mass is 16.5. The summed E-state index contributed by atoms with van der Waals surface area (Å²) in [7, 11) is 1.59. The van der Waals surface area contributed by atoms with E-state index in [1.54, 1.807) is 7.11 Å². The summed E-state index contributed by atoms with van der Waals surface area (Å²) in [5.74, 6) is 0.863. The van der Waals surface area contributed by atoms with Gasteiger partial charge in [-0.25, -0.2) is 4.98 Å². The van der Waals surface area contributed by atoms with Crippen molar-refractivity contribution in [3.8, 4) is 5.88 Å². The Morgan fingerprint density at radius 1 is 1.38 bits per heavy atom. The smallest absolute Gasteiger partial charge is 0.223 e. The van der Waals surface area contributed by atoms with Crippen LogP contribution < -0.4 is 10.5 Å². The summed E-state index contributed by atoms with van der Waals surface area (Å²) in [6.07, 6.45) is 1.95. The molecular formula is C9H15N3O. The van der Waals surface area contributed by atoms with Crippen molar-refractivity contribution in [3.05, 3.63) is 11.3 Å². The van der Waals surface area contributed by atoms with Gasteiger partial charge in [0.05, 0.1) is 12.8 Å². The Bertz CT molecular complexity index is 299. The predicted octanol–water partition coefficient (Wildman–Crippen LogP) is 1.33. The first-order chi connectivity index (χ1) is 6.19. The summed E-state index contributed by atoms with van der Waals surface area (Å²) in [5.41, 5.74) is 7.50. The molecule has 1 heterocycles. The molecule has 1 rings (SSSR count). The first-order valence-electron chi connectivity index (χ1n) is 4.36. The number of nitrogen functional groups attached to an aromatic ring is 1. The topological polar surface area (TPSA) is 61.0 Å². The molecule has 72 valence electrons. The third kappa shape index (κ3) is 2.08. The number of aromatic nitrogens is 2.